The molecular weight excluding hydrogens is 516 g/mol. The maximum absolute atomic E-state index is 12.4. The molecule has 2 aliphatic rings. The summed E-state index contributed by atoms with van der Waals surface area (Å²) in [4.78, 5) is 64.6. The van der Waals surface area contributed by atoms with Gasteiger partial charge in [0.25, 0.3) is 5.91 Å². The molecule has 12 nitrogen and oxygen atoms in total. The summed E-state index contributed by atoms with van der Waals surface area (Å²) >= 11 is 2.33. The Morgan fingerprint density at radius 2 is 1.67 bits per heavy atom. The molecule has 1 N–H and O–H groups in total. The first-order valence-electron chi connectivity index (χ1n) is 10.7. The van der Waals surface area contributed by atoms with E-state index in [-0.39, 0.29) is 17.5 Å². The molecule has 0 aromatic carbocycles. The summed E-state index contributed by atoms with van der Waals surface area (Å²) < 4.78 is 27.2. The first kappa shape index (κ1) is 27.4. The Hall–Kier alpha value is -3.23. The van der Waals surface area contributed by atoms with E-state index in [4.69, 9.17) is 23.7 Å². The van der Waals surface area contributed by atoms with Gasteiger partial charge < -0.3 is 23.7 Å². The van der Waals surface area contributed by atoms with Crippen LogP contribution in [0.1, 0.15) is 32.6 Å². The standard InChI is InChI=1S/C22H24N2O10S2/c1-10(25)30-9-16-17(31-11(2)26)18(32-12(3)27)19(33-13(4)28)21(34-16)36-22-23-15(20(29)24-22)8-14-6-5-7-35-14/h5-8,16-19,21H,9H2,1-4H3,(H,23,24,29)/t16-,17-,18+,19-,21+/m1/s1. The first-order valence-corrected chi connectivity index (χ1v) is 12.4. The number of aliphatic imine (C=N–C) groups is 1. The molecule has 1 saturated heterocycles. The van der Waals surface area contributed by atoms with Crippen molar-refractivity contribution in [1.82, 2.24) is 5.32 Å². The number of carbonyl (C=O) groups excluding carboxylic acids is 5. The Labute approximate surface area is 214 Å². The molecule has 1 aromatic rings. The molecule has 2 aliphatic heterocycles. The number of hydrogen-bond acceptors (Lipinski definition) is 13. The van der Waals surface area contributed by atoms with Crippen molar-refractivity contribution in [3.8, 4) is 0 Å². The van der Waals surface area contributed by atoms with E-state index in [2.05, 4.69) is 10.3 Å². The van der Waals surface area contributed by atoms with Crippen molar-refractivity contribution in [2.75, 3.05) is 6.61 Å². The molecule has 0 aliphatic carbocycles. The summed E-state index contributed by atoms with van der Waals surface area (Å²) in [6.07, 6.45) is -3.31. The van der Waals surface area contributed by atoms with E-state index in [9.17, 15) is 24.0 Å². The largest absolute Gasteiger partial charge is 0.463 e. The monoisotopic (exact) mass is 540 g/mol. The van der Waals surface area contributed by atoms with Crippen molar-refractivity contribution < 1.29 is 47.7 Å². The summed E-state index contributed by atoms with van der Waals surface area (Å²) in [5.41, 5.74) is -0.934. The van der Waals surface area contributed by atoms with Crippen LogP contribution in [0.5, 0.6) is 0 Å². The Bertz CT molecular complexity index is 1080. The number of amides is 1. The number of amidine groups is 1. The highest BCUT2D eigenvalue weighted by Gasteiger charge is 2.53. The molecule has 0 radical (unpaired) electrons. The molecule has 0 saturated carbocycles. The zero-order valence-electron chi connectivity index (χ0n) is 19.7. The lowest BCUT2D eigenvalue weighted by Gasteiger charge is -2.44. The molecule has 14 heteroatoms. The number of ether oxygens (including phenoxy) is 5. The molecule has 0 bridgehead atoms. The Balaban J connectivity index is 1.94. The maximum Gasteiger partial charge on any atom is 0.303 e. The van der Waals surface area contributed by atoms with Gasteiger partial charge in [-0.05, 0) is 17.5 Å². The van der Waals surface area contributed by atoms with Gasteiger partial charge in [-0.2, -0.15) is 0 Å². The minimum atomic E-state index is -1.30. The highest BCUT2D eigenvalue weighted by Crippen LogP contribution is 2.35. The van der Waals surface area contributed by atoms with Crippen LogP contribution in [0.4, 0.5) is 0 Å². The molecule has 194 valence electrons. The van der Waals surface area contributed by atoms with Crippen LogP contribution in [0.15, 0.2) is 28.2 Å². The van der Waals surface area contributed by atoms with Gasteiger partial charge in [-0.15, -0.1) is 11.3 Å². The average molecular weight is 541 g/mol. The van der Waals surface area contributed by atoms with E-state index in [1.807, 2.05) is 17.5 Å². The lowest BCUT2D eigenvalue weighted by molar-refractivity contribution is -0.237. The van der Waals surface area contributed by atoms with Gasteiger partial charge in [-0.3, -0.25) is 29.3 Å². The molecule has 3 heterocycles. The van der Waals surface area contributed by atoms with Crippen molar-refractivity contribution in [3.05, 3.63) is 28.1 Å². The van der Waals surface area contributed by atoms with E-state index in [0.29, 0.717) is 0 Å². The molecule has 1 aromatic heterocycles. The lowest BCUT2D eigenvalue weighted by Crippen LogP contribution is -2.61. The molecule has 0 unspecified atom stereocenters. The van der Waals surface area contributed by atoms with Gasteiger partial charge >= 0.3 is 23.9 Å². The summed E-state index contributed by atoms with van der Waals surface area (Å²) in [7, 11) is 0. The van der Waals surface area contributed by atoms with Crippen LogP contribution in [0.25, 0.3) is 6.08 Å². The number of nitrogens with zero attached hydrogens (tertiary/aromatic N) is 1. The molecular formula is C22H24N2O10S2. The third kappa shape index (κ3) is 7.38. The van der Waals surface area contributed by atoms with Crippen LogP contribution in [-0.4, -0.2) is 71.4 Å². The fourth-order valence-corrected chi connectivity index (χ4v) is 5.12. The number of thiophene rings is 1. The first-order chi connectivity index (χ1) is 17.0. The normalized spacial score (nSPS) is 26.6. The summed E-state index contributed by atoms with van der Waals surface area (Å²) in [6.45, 7) is 4.26. The van der Waals surface area contributed by atoms with Crippen LogP contribution < -0.4 is 5.32 Å². The van der Waals surface area contributed by atoms with Gasteiger partial charge in [0.2, 0.25) is 0 Å². The number of rotatable bonds is 7. The predicted molar refractivity (Wildman–Crippen MR) is 127 cm³/mol. The lowest BCUT2D eigenvalue weighted by atomic mass is 9.99. The SMILES string of the molecule is CC(=O)OC[C@H]1O[C@@H](SC2=NC(=Cc3cccs3)C(=O)N2)[C@H](OC(C)=O)[C@@H](OC(C)=O)[C@@H]1OC(C)=O. The Morgan fingerprint density at radius 1 is 1.03 bits per heavy atom. The van der Waals surface area contributed by atoms with Gasteiger partial charge in [-0.25, -0.2) is 4.99 Å². The molecule has 3 rings (SSSR count). The van der Waals surface area contributed by atoms with Crippen LogP contribution in [-0.2, 0) is 47.7 Å². The average Bonchev–Trinajstić information content (AvgIpc) is 3.40. The predicted octanol–water partition coefficient (Wildman–Crippen LogP) is 1.39. The van der Waals surface area contributed by atoms with E-state index in [1.54, 1.807) is 6.08 Å². The number of nitrogens with one attached hydrogen (secondary N) is 1. The van der Waals surface area contributed by atoms with E-state index in [0.717, 1.165) is 37.4 Å². The zero-order valence-corrected chi connectivity index (χ0v) is 21.4. The van der Waals surface area contributed by atoms with Crippen LogP contribution in [0.3, 0.4) is 0 Å². The molecule has 1 amide bonds. The van der Waals surface area contributed by atoms with Gasteiger partial charge in [0.15, 0.2) is 28.9 Å². The van der Waals surface area contributed by atoms with E-state index < -0.39 is 59.6 Å². The topological polar surface area (TPSA) is 156 Å². The van der Waals surface area contributed by atoms with Crippen molar-refractivity contribution in [3.63, 3.8) is 0 Å². The van der Waals surface area contributed by atoms with Crippen LogP contribution >= 0.6 is 23.1 Å². The molecule has 1 fully saturated rings. The van der Waals surface area contributed by atoms with Crippen molar-refractivity contribution in [2.45, 2.75) is 57.5 Å². The van der Waals surface area contributed by atoms with Crippen LogP contribution in [0.2, 0.25) is 0 Å². The maximum atomic E-state index is 12.4. The Morgan fingerprint density at radius 3 is 2.25 bits per heavy atom. The zero-order chi connectivity index (χ0) is 26.4. The van der Waals surface area contributed by atoms with Gasteiger partial charge in [-0.1, -0.05) is 17.8 Å². The fourth-order valence-electron chi connectivity index (χ4n) is 3.40. The highest BCUT2D eigenvalue weighted by atomic mass is 32.2. The molecule has 36 heavy (non-hydrogen) atoms. The second-order valence-corrected chi connectivity index (χ2v) is 9.67. The summed E-state index contributed by atoms with van der Waals surface area (Å²) in [6, 6.07) is 3.66. The number of hydrogen-bond donors (Lipinski definition) is 1. The van der Waals surface area contributed by atoms with Crippen LogP contribution in [0, 0.1) is 0 Å². The number of thioether (sulfide) groups is 1. The number of carbonyl (C=O) groups is 5. The van der Waals surface area contributed by atoms with Gasteiger partial charge in [0, 0.05) is 32.6 Å². The summed E-state index contributed by atoms with van der Waals surface area (Å²) in [5.74, 6) is -3.25. The molecule has 0 spiro atoms. The van der Waals surface area contributed by atoms with Crippen molar-refractivity contribution in [2.24, 2.45) is 4.99 Å². The second kappa shape index (κ2) is 12.1. The minimum absolute atomic E-state index is 0.142. The fraction of sp³-hybridized carbons (Fsp3) is 0.455. The second-order valence-electron chi connectivity index (χ2n) is 7.60. The summed E-state index contributed by atoms with van der Waals surface area (Å²) in [5, 5.41) is 4.61. The minimum Gasteiger partial charge on any atom is -0.463 e. The highest BCUT2D eigenvalue weighted by molar-refractivity contribution is 8.14. The third-order valence-corrected chi connectivity index (χ3v) is 6.52. The molecule has 5 atom stereocenters. The quantitative estimate of drug-likeness (QED) is 0.303. The van der Waals surface area contributed by atoms with Crippen molar-refractivity contribution in [1.29, 1.82) is 0 Å². The Kier molecular flexibility index (Phi) is 9.23. The number of esters is 4. The van der Waals surface area contributed by atoms with E-state index in [1.165, 1.54) is 18.3 Å². The van der Waals surface area contributed by atoms with Crippen molar-refractivity contribution >= 4 is 64.1 Å². The van der Waals surface area contributed by atoms with Gasteiger partial charge in [0.1, 0.15) is 18.4 Å². The van der Waals surface area contributed by atoms with E-state index >= 15 is 0 Å². The third-order valence-electron chi connectivity index (χ3n) is 4.67. The van der Waals surface area contributed by atoms with Gasteiger partial charge in [0.05, 0.1) is 0 Å². The smallest absolute Gasteiger partial charge is 0.303 e.